The Morgan fingerprint density at radius 2 is 1.87 bits per heavy atom. The number of benzene rings is 2. The molecule has 3 fully saturated rings. The Bertz CT molecular complexity index is 1190. The summed E-state index contributed by atoms with van der Waals surface area (Å²) >= 11 is 6.21. The van der Waals surface area contributed by atoms with Crippen LogP contribution in [0.4, 0.5) is 11.4 Å². The zero-order valence-electron chi connectivity index (χ0n) is 17.3. The second-order valence-corrected chi connectivity index (χ2v) is 9.56. The lowest BCUT2D eigenvalue weighted by atomic mass is 9.75. The predicted octanol–water partition coefficient (Wildman–Crippen LogP) is 3.39. The number of nitrogens with one attached hydrogen (secondary N) is 1. The second kappa shape index (κ2) is 6.17. The Labute approximate surface area is 185 Å². The summed E-state index contributed by atoms with van der Waals surface area (Å²) in [6.45, 7) is 4.54. The van der Waals surface area contributed by atoms with E-state index < -0.39 is 17.4 Å². The molecule has 1 N–H and O–H groups in total. The number of carbonyl (C=O) groups excluding carboxylic acids is 3. The average Bonchev–Trinajstić information content (AvgIpc) is 3.43. The predicted molar refractivity (Wildman–Crippen MR) is 117 cm³/mol. The molecule has 6 nitrogen and oxygen atoms in total. The van der Waals surface area contributed by atoms with Crippen LogP contribution in [0.3, 0.4) is 0 Å². The maximum atomic E-state index is 13.9. The van der Waals surface area contributed by atoms with Crippen molar-refractivity contribution in [3.63, 3.8) is 0 Å². The summed E-state index contributed by atoms with van der Waals surface area (Å²) in [5, 5.41) is 3.48. The van der Waals surface area contributed by atoms with E-state index in [9.17, 15) is 14.4 Å². The lowest BCUT2D eigenvalue weighted by Crippen LogP contribution is -2.54. The highest BCUT2D eigenvalue weighted by molar-refractivity contribution is 6.32. The number of rotatable bonds is 1. The molecule has 1 spiro atoms. The van der Waals surface area contributed by atoms with E-state index in [-0.39, 0.29) is 23.8 Å². The van der Waals surface area contributed by atoms with E-state index in [4.69, 9.17) is 11.6 Å². The zero-order chi connectivity index (χ0) is 21.7. The molecular formula is C24H22ClN3O3. The van der Waals surface area contributed by atoms with Crippen molar-refractivity contribution in [2.45, 2.75) is 38.3 Å². The van der Waals surface area contributed by atoms with E-state index >= 15 is 0 Å². The zero-order valence-corrected chi connectivity index (χ0v) is 18.1. The van der Waals surface area contributed by atoms with E-state index in [1.54, 1.807) is 12.1 Å². The van der Waals surface area contributed by atoms with Crippen molar-refractivity contribution in [3.8, 4) is 0 Å². The molecule has 4 unspecified atom stereocenters. The van der Waals surface area contributed by atoms with Crippen molar-refractivity contribution in [2.75, 3.05) is 16.8 Å². The summed E-state index contributed by atoms with van der Waals surface area (Å²) in [6.07, 6.45) is 1.71. The fourth-order valence-electron chi connectivity index (χ4n) is 6.38. The molecule has 0 radical (unpaired) electrons. The minimum Gasteiger partial charge on any atom is -0.324 e. The van der Waals surface area contributed by atoms with Gasteiger partial charge in [-0.15, -0.1) is 0 Å². The first-order valence-corrected chi connectivity index (χ1v) is 11.1. The summed E-state index contributed by atoms with van der Waals surface area (Å²) in [5.74, 6) is -2.00. The van der Waals surface area contributed by atoms with Gasteiger partial charge in [0.2, 0.25) is 17.7 Å². The van der Waals surface area contributed by atoms with Crippen LogP contribution in [0, 0.1) is 25.7 Å². The van der Waals surface area contributed by atoms with Crippen LogP contribution in [0.1, 0.15) is 29.5 Å². The van der Waals surface area contributed by atoms with Gasteiger partial charge < -0.3 is 5.32 Å². The molecule has 4 aliphatic rings. The van der Waals surface area contributed by atoms with E-state index in [1.165, 1.54) is 4.90 Å². The quantitative estimate of drug-likeness (QED) is 0.697. The van der Waals surface area contributed by atoms with Gasteiger partial charge in [0.1, 0.15) is 5.54 Å². The number of nitrogens with zero attached hydrogens (tertiary/aromatic N) is 2. The molecular weight excluding hydrogens is 414 g/mol. The van der Waals surface area contributed by atoms with Crippen molar-refractivity contribution in [3.05, 3.63) is 58.1 Å². The average molecular weight is 436 g/mol. The molecule has 4 atom stereocenters. The highest BCUT2D eigenvalue weighted by Gasteiger charge is 2.74. The Morgan fingerprint density at radius 3 is 2.68 bits per heavy atom. The summed E-state index contributed by atoms with van der Waals surface area (Å²) in [6, 6.07) is 10.9. The summed E-state index contributed by atoms with van der Waals surface area (Å²) < 4.78 is 0. The van der Waals surface area contributed by atoms with Crippen LogP contribution in [-0.4, -0.2) is 35.2 Å². The Hall–Kier alpha value is -2.70. The third-order valence-corrected chi connectivity index (χ3v) is 7.80. The van der Waals surface area contributed by atoms with Gasteiger partial charge in [-0.25, -0.2) is 4.90 Å². The van der Waals surface area contributed by atoms with Crippen LogP contribution in [-0.2, 0) is 19.9 Å². The van der Waals surface area contributed by atoms with Gasteiger partial charge in [0.15, 0.2) is 0 Å². The molecule has 3 amide bonds. The number of imide groups is 1. The number of amides is 3. The standard InChI is InChI=1S/C24H22ClN3O3/c1-12-5-8-16-15(10-12)24(23(31)26-16)20-19(17-4-3-9-27(17)24)21(29)28(22(20)30)18-11-14(25)7-6-13(18)2/h5-8,10-11,17,19-20H,3-4,9H2,1-2H3,(H,26,31). The van der Waals surface area contributed by atoms with Crippen LogP contribution in [0.25, 0.3) is 0 Å². The summed E-state index contributed by atoms with van der Waals surface area (Å²) in [4.78, 5) is 44.7. The molecule has 0 bridgehead atoms. The number of aryl methyl sites for hydroxylation is 2. The summed E-state index contributed by atoms with van der Waals surface area (Å²) in [7, 11) is 0. The molecule has 0 saturated carbocycles. The number of halogens is 1. The van der Waals surface area contributed by atoms with Crippen LogP contribution in [0.15, 0.2) is 36.4 Å². The second-order valence-electron chi connectivity index (χ2n) is 9.12. The Morgan fingerprint density at radius 1 is 1.06 bits per heavy atom. The van der Waals surface area contributed by atoms with E-state index in [2.05, 4.69) is 10.2 Å². The Kier molecular flexibility index (Phi) is 3.79. The monoisotopic (exact) mass is 435 g/mol. The minimum atomic E-state index is -1.14. The molecule has 0 aliphatic carbocycles. The largest absolute Gasteiger partial charge is 0.324 e. The first kappa shape index (κ1) is 19.0. The third-order valence-electron chi connectivity index (χ3n) is 7.56. The number of hydrogen-bond donors (Lipinski definition) is 1. The fraction of sp³-hybridized carbons (Fsp3) is 0.375. The van der Waals surface area contributed by atoms with E-state index in [1.807, 2.05) is 38.1 Å². The van der Waals surface area contributed by atoms with Gasteiger partial charge in [-0.05, 0) is 57.0 Å². The summed E-state index contributed by atoms with van der Waals surface area (Å²) in [5.41, 5.74) is 2.76. The Balaban J connectivity index is 1.58. The molecule has 0 aromatic heterocycles. The van der Waals surface area contributed by atoms with Crippen LogP contribution >= 0.6 is 11.6 Å². The molecule has 3 saturated heterocycles. The molecule has 4 aliphatic heterocycles. The maximum absolute atomic E-state index is 13.9. The fourth-order valence-corrected chi connectivity index (χ4v) is 6.54. The topological polar surface area (TPSA) is 69.7 Å². The first-order valence-electron chi connectivity index (χ1n) is 10.7. The van der Waals surface area contributed by atoms with Crippen molar-refractivity contribution < 1.29 is 14.4 Å². The number of hydrogen-bond acceptors (Lipinski definition) is 4. The molecule has 7 heteroatoms. The maximum Gasteiger partial charge on any atom is 0.250 e. The molecule has 31 heavy (non-hydrogen) atoms. The van der Waals surface area contributed by atoms with Gasteiger partial charge >= 0.3 is 0 Å². The van der Waals surface area contributed by atoms with Crippen molar-refractivity contribution >= 4 is 40.7 Å². The lowest BCUT2D eigenvalue weighted by molar-refractivity contribution is -0.135. The highest BCUT2D eigenvalue weighted by Crippen LogP contribution is 2.60. The molecule has 4 heterocycles. The van der Waals surface area contributed by atoms with Gasteiger partial charge in [0.05, 0.1) is 17.5 Å². The van der Waals surface area contributed by atoms with Gasteiger partial charge in [-0.2, -0.15) is 0 Å². The normalized spacial score (nSPS) is 31.4. The first-order chi connectivity index (χ1) is 14.9. The van der Waals surface area contributed by atoms with Crippen LogP contribution < -0.4 is 10.2 Å². The van der Waals surface area contributed by atoms with Crippen molar-refractivity contribution in [1.29, 1.82) is 0 Å². The van der Waals surface area contributed by atoms with Gasteiger partial charge in [-0.3, -0.25) is 19.3 Å². The SMILES string of the molecule is Cc1ccc2c(c1)C1(C(=O)N2)C2C(=O)N(c3cc(Cl)ccc3C)C(=O)C2C2CCCN21. The van der Waals surface area contributed by atoms with Crippen molar-refractivity contribution in [2.24, 2.45) is 11.8 Å². The van der Waals surface area contributed by atoms with E-state index in [0.717, 1.165) is 35.2 Å². The molecule has 6 rings (SSSR count). The number of anilines is 2. The van der Waals surface area contributed by atoms with Crippen molar-refractivity contribution in [1.82, 2.24) is 4.90 Å². The minimum absolute atomic E-state index is 0.122. The van der Waals surface area contributed by atoms with Crippen LogP contribution in [0.2, 0.25) is 5.02 Å². The number of fused-ring (bicyclic) bond motifs is 7. The van der Waals surface area contributed by atoms with E-state index in [0.29, 0.717) is 17.3 Å². The smallest absolute Gasteiger partial charge is 0.250 e. The van der Waals surface area contributed by atoms with Gasteiger partial charge in [0.25, 0.3) is 0 Å². The van der Waals surface area contributed by atoms with Gasteiger partial charge in [-0.1, -0.05) is 35.4 Å². The van der Waals surface area contributed by atoms with Gasteiger partial charge in [0, 0.05) is 22.3 Å². The van der Waals surface area contributed by atoms with Crippen LogP contribution in [0.5, 0.6) is 0 Å². The molecule has 2 aromatic carbocycles. The number of carbonyl (C=O) groups is 3. The molecule has 158 valence electrons. The lowest BCUT2D eigenvalue weighted by Gasteiger charge is -2.37. The highest BCUT2D eigenvalue weighted by atomic mass is 35.5. The third kappa shape index (κ3) is 2.19. The molecule has 2 aromatic rings.